The van der Waals surface area contributed by atoms with Gasteiger partial charge in [-0.3, -0.25) is 4.79 Å². The van der Waals surface area contributed by atoms with Gasteiger partial charge in [0.25, 0.3) is 0 Å². The zero-order chi connectivity index (χ0) is 9.73. The largest absolute Gasteiger partial charge is 0.465 e. The van der Waals surface area contributed by atoms with Crippen molar-refractivity contribution in [2.45, 2.75) is 25.8 Å². The molecule has 0 radical (unpaired) electrons. The molecular formula is C9H17NO2S. The molecule has 1 heterocycles. The number of carbonyl (C=O) groups is 1. The Balaban J connectivity index is 2.60. The summed E-state index contributed by atoms with van der Waals surface area (Å²) >= 11 is 1.81. The Morgan fingerprint density at radius 2 is 2.38 bits per heavy atom. The Morgan fingerprint density at radius 3 is 2.85 bits per heavy atom. The molecule has 0 aromatic carbocycles. The molecule has 0 aliphatic carbocycles. The Kier molecular flexibility index (Phi) is 4.06. The molecule has 1 aliphatic heterocycles. The van der Waals surface area contributed by atoms with Crippen LogP contribution < -0.4 is 5.32 Å². The van der Waals surface area contributed by atoms with Crippen molar-refractivity contribution in [3.8, 4) is 0 Å². The normalized spacial score (nSPS) is 27.5. The van der Waals surface area contributed by atoms with Crippen LogP contribution in [0.4, 0.5) is 0 Å². The lowest BCUT2D eigenvalue weighted by atomic mass is 9.99. The molecule has 0 bridgehead atoms. The summed E-state index contributed by atoms with van der Waals surface area (Å²) in [5.74, 6) is 1.81. The molecule has 0 saturated carbocycles. The van der Waals surface area contributed by atoms with Crippen LogP contribution in [0.15, 0.2) is 0 Å². The molecular weight excluding hydrogens is 186 g/mol. The van der Waals surface area contributed by atoms with Gasteiger partial charge >= 0.3 is 5.97 Å². The standard InChI is InChI=1S/C9H17NO2S/c1-3-10-9(5-6-13-7-9)8(11)12-4-2/h10H,3-7H2,1-2H3. The topological polar surface area (TPSA) is 38.3 Å². The minimum Gasteiger partial charge on any atom is -0.465 e. The van der Waals surface area contributed by atoms with Crippen LogP contribution in [0.1, 0.15) is 20.3 Å². The number of likely N-dealkylation sites (N-methyl/N-ethyl adjacent to an activating group) is 1. The van der Waals surface area contributed by atoms with Crippen molar-refractivity contribution in [3.05, 3.63) is 0 Å². The first-order valence-corrected chi connectivity index (χ1v) is 5.90. The van der Waals surface area contributed by atoms with Gasteiger partial charge in [0.1, 0.15) is 5.54 Å². The average molecular weight is 203 g/mol. The second-order valence-electron chi connectivity index (χ2n) is 3.14. The van der Waals surface area contributed by atoms with Gasteiger partial charge in [-0.15, -0.1) is 0 Å². The third-order valence-electron chi connectivity index (χ3n) is 2.20. The van der Waals surface area contributed by atoms with Gasteiger partial charge in [-0.2, -0.15) is 11.8 Å². The maximum absolute atomic E-state index is 11.7. The maximum atomic E-state index is 11.7. The van der Waals surface area contributed by atoms with Crippen molar-refractivity contribution in [1.29, 1.82) is 0 Å². The van der Waals surface area contributed by atoms with E-state index in [0.29, 0.717) is 6.61 Å². The first-order chi connectivity index (χ1) is 6.25. The number of thioether (sulfide) groups is 1. The fourth-order valence-electron chi connectivity index (χ4n) is 1.55. The Bertz CT molecular complexity index is 178. The van der Waals surface area contributed by atoms with Crippen LogP contribution in [0.5, 0.6) is 0 Å². The lowest BCUT2D eigenvalue weighted by Gasteiger charge is -2.26. The monoisotopic (exact) mass is 203 g/mol. The summed E-state index contributed by atoms with van der Waals surface area (Å²) in [5, 5.41) is 3.25. The quantitative estimate of drug-likeness (QED) is 0.693. The van der Waals surface area contributed by atoms with Crippen molar-refractivity contribution in [2.75, 3.05) is 24.7 Å². The highest BCUT2D eigenvalue weighted by atomic mass is 32.2. The third kappa shape index (κ3) is 2.38. The van der Waals surface area contributed by atoms with E-state index in [0.717, 1.165) is 24.5 Å². The van der Waals surface area contributed by atoms with Crippen molar-refractivity contribution >= 4 is 17.7 Å². The van der Waals surface area contributed by atoms with E-state index in [2.05, 4.69) is 5.32 Å². The van der Waals surface area contributed by atoms with E-state index in [1.165, 1.54) is 0 Å². The predicted octanol–water partition coefficient (Wildman–Crippen LogP) is 1.03. The van der Waals surface area contributed by atoms with E-state index in [9.17, 15) is 4.79 Å². The molecule has 76 valence electrons. The van der Waals surface area contributed by atoms with Crippen LogP contribution in [0.2, 0.25) is 0 Å². The Labute approximate surface area is 83.6 Å². The van der Waals surface area contributed by atoms with Gasteiger partial charge in [0.2, 0.25) is 0 Å². The van der Waals surface area contributed by atoms with E-state index in [4.69, 9.17) is 4.74 Å². The molecule has 4 heteroatoms. The fourth-order valence-corrected chi connectivity index (χ4v) is 2.90. The Morgan fingerprint density at radius 1 is 1.62 bits per heavy atom. The van der Waals surface area contributed by atoms with Gasteiger partial charge in [0, 0.05) is 5.75 Å². The maximum Gasteiger partial charge on any atom is 0.327 e. The lowest BCUT2D eigenvalue weighted by Crippen LogP contribution is -2.53. The molecule has 1 aliphatic rings. The van der Waals surface area contributed by atoms with Crippen LogP contribution in [0, 0.1) is 0 Å². The highest BCUT2D eigenvalue weighted by Crippen LogP contribution is 2.28. The second kappa shape index (κ2) is 4.86. The molecule has 0 amide bonds. The van der Waals surface area contributed by atoms with Crippen LogP contribution in [0.3, 0.4) is 0 Å². The summed E-state index contributed by atoms with van der Waals surface area (Å²) in [6, 6.07) is 0. The van der Waals surface area contributed by atoms with Crippen LogP contribution in [-0.2, 0) is 9.53 Å². The summed E-state index contributed by atoms with van der Waals surface area (Å²) in [4.78, 5) is 11.7. The number of hydrogen-bond acceptors (Lipinski definition) is 4. The van der Waals surface area contributed by atoms with E-state index >= 15 is 0 Å². The molecule has 1 saturated heterocycles. The molecule has 1 atom stereocenters. The van der Waals surface area contributed by atoms with Gasteiger partial charge in [-0.1, -0.05) is 6.92 Å². The first-order valence-electron chi connectivity index (χ1n) is 4.75. The molecule has 13 heavy (non-hydrogen) atoms. The van der Waals surface area contributed by atoms with Gasteiger partial charge < -0.3 is 10.1 Å². The summed E-state index contributed by atoms with van der Waals surface area (Å²) in [5.41, 5.74) is -0.393. The van der Waals surface area contributed by atoms with E-state index in [1.807, 2.05) is 25.6 Å². The van der Waals surface area contributed by atoms with Gasteiger partial charge in [-0.05, 0) is 25.6 Å². The highest BCUT2D eigenvalue weighted by Gasteiger charge is 2.42. The third-order valence-corrected chi connectivity index (χ3v) is 3.39. The second-order valence-corrected chi connectivity index (χ2v) is 4.24. The number of hydrogen-bond donors (Lipinski definition) is 1. The van der Waals surface area contributed by atoms with Crippen molar-refractivity contribution in [2.24, 2.45) is 0 Å². The van der Waals surface area contributed by atoms with Gasteiger partial charge in [0.05, 0.1) is 6.61 Å². The molecule has 0 spiro atoms. The van der Waals surface area contributed by atoms with Crippen molar-refractivity contribution in [1.82, 2.24) is 5.32 Å². The van der Waals surface area contributed by atoms with Gasteiger partial charge in [-0.25, -0.2) is 0 Å². The zero-order valence-electron chi connectivity index (χ0n) is 8.26. The van der Waals surface area contributed by atoms with Gasteiger partial charge in [0.15, 0.2) is 0 Å². The molecule has 1 fully saturated rings. The van der Waals surface area contributed by atoms with Crippen molar-refractivity contribution < 1.29 is 9.53 Å². The number of carbonyl (C=O) groups excluding carboxylic acids is 1. The zero-order valence-corrected chi connectivity index (χ0v) is 9.08. The van der Waals surface area contributed by atoms with E-state index < -0.39 is 5.54 Å². The predicted molar refractivity (Wildman–Crippen MR) is 55.0 cm³/mol. The Hall–Kier alpha value is -0.220. The number of ether oxygens (including phenoxy) is 1. The highest BCUT2D eigenvalue weighted by molar-refractivity contribution is 7.99. The van der Waals surface area contributed by atoms with Crippen LogP contribution in [-0.4, -0.2) is 36.2 Å². The molecule has 0 aromatic rings. The fraction of sp³-hybridized carbons (Fsp3) is 0.889. The van der Waals surface area contributed by atoms with E-state index in [-0.39, 0.29) is 5.97 Å². The number of esters is 1. The molecule has 1 rings (SSSR count). The summed E-state index contributed by atoms with van der Waals surface area (Å²) < 4.78 is 5.07. The van der Waals surface area contributed by atoms with Crippen LogP contribution >= 0.6 is 11.8 Å². The number of nitrogens with one attached hydrogen (secondary N) is 1. The van der Waals surface area contributed by atoms with E-state index in [1.54, 1.807) is 0 Å². The minimum atomic E-state index is -0.393. The van der Waals surface area contributed by atoms with Crippen LogP contribution in [0.25, 0.3) is 0 Å². The minimum absolute atomic E-state index is 0.0816. The SMILES string of the molecule is CCNC1(C(=O)OCC)CCSC1. The summed E-state index contributed by atoms with van der Waals surface area (Å²) in [7, 11) is 0. The average Bonchev–Trinajstić information content (AvgIpc) is 2.55. The summed E-state index contributed by atoms with van der Waals surface area (Å²) in [6.07, 6.45) is 0.893. The summed E-state index contributed by atoms with van der Waals surface area (Å²) in [6.45, 7) is 5.15. The molecule has 3 nitrogen and oxygen atoms in total. The molecule has 1 N–H and O–H groups in total. The lowest BCUT2D eigenvalue weighted by molar-refractivity contribution is -0.150. The van der Waals surface area contributed by atoms with Crippen molar-refractivity contribution in [3.63, 3.8) is 0 Å². The number of rotatable bonds is 4. The molecule has 1 unspecified atom stereocenters. The first kappa shape index (κ1) is 10.9. The smallest absolute Gasteiger partial charge is 0.327 e. The molecule has 0 aromatic heterocycles.